The summed E-state index contributed by atoms with van der Waals surface area (Å²) in [4.78, 5) is 12.4. The highest BCUT2D eigenvalue weighted by Gasteiger charge is 2.31. The van der Waals surface area contributed by atoms with Gasteiger partial charge in [0.25, 0.3) is 5.91 Å². The van der Waals surface area contributed by atoms with Gasteiger partial charge in [0.15, 0.2) is 0 Å². The van der Waals surface area contributed by atoms with Gasteiger partial charge in [-0.2, -0.15) is 5.10 Å². The van der Waals surface area contributed by atoms with E-state index in [4.69, 9.17) is 11.6 Å². The molecule has 1 N–H and O–H groups in total. The largest absolute Gasteiger partial charge is 0.348 e. The lowest BCUT2D eigenvalue weighted by molar-refractivity contribution is 0.0903. The van der Waals surface area contributed by atoms with E-state index in [2.05, 4.69) is 22.5 Å². The smallest absolute Gasteiger partial charge is 0.271 e. The van der Waals surface area contributed by atoms with Gasteiger partial charge in [-0.3, -0.25) is 9.48 Å². The Balaban J connectivity index is 1.30. The summed E-state index contributed by atoms with van der Waals surface area (Å²) in [7, 11) is 0. The molecule has 1 aromatic heterocycles. The molecule has 0 radical (unpaired) electrons. The lowest BCUT2D eigenvalue weighted by Gasteiger charge is -2.36. The molecule has 0 atom stereocenters. The summed E-state index contributed by atoms with van der Waals surface area (Å²) < 4.78 is 1.79. The summed E-state index contributed by atoms with van der Waals surface area (Å²) in [6.45, 7) is 0.663. The normalized spacial score (nSPS) is 19.0. The third-order valence-corrected chi connectivity index (χ3v) is 5.13. The second kappa shape index (κ2) is 7.34. The van der Waals surface area contributed by atoms with E-state index in [1.54, 1.807) is 10.7 Å². The van der Waals surface area contributed by atoms with E-state index >= 15 is 0 Å². The molecule has 1 saturated carbocycles. The van der Waals surface area contributed by atoms with Crippen LogP contribution in [-0.4, -0.2) is 21.7 Å². The van der Waals surface area contributed by atoms with E-state index in [9.17, 15) is 4.79 Å². The fourth-order valence-corrected chi connectivity index (χ4v) is 3.47. The maximum absolute atomic E-state index is 12.4. The van der Waals surface area contributed by atoms with Crippen LogP contribution < -0.4 is 5.32 Å². The number of halogens is 1. The topological polar surface area (TPSA) is 46.9 Å². The average molecular weight is 366 g/mol. The quantitative estimate of drug-likeness (QED) is 0.734. The van der Waals surface area contributed by atoms with Gasteiger partial charge < -0.3 is 5.32 Å². The minimum Gasteiger partial charge on any atom is -0.348 e. The molecule has 1 aliphatic rings. The molecule has 0 saturated heterocycles. The van der Waals surface area contributed by atoms with Crippen LogP contribution in [0.25, 0.3) is 0 Å². The van der Waals surface area contributed by atoms with Gasteiger partial charge in [0.1, 0.15) is 5.69 Å². The number of aromatic nitrogens is 2. The molecule has 3 aromatic rings. The van der Waals surface area contributed by atoms with Crippen molar-refractivity contribution < 1.29 is 4.79 Å². The summed E-state index contributed by atoms with van der Waals surface area (Å²) in [5.74, 6) is 0.393. The lowest BCUT2D eigenvalue weighted by atomic mass is 9.76. The van der Waals surface area contributed by atoms with Crippen LogP contribution in [0.1, 0.15) is 40.4 Å². The zero-order chi connectivity index (χ0) is 17.9. The molecule has 4 rings (SSSR count). The molecule has 132 valence electrons. The third-order valence-electron chi connectivity index (χ3n) is 4.88. The third kappa shape index (κ3) is 3.81. The molecule has 1 fully saturated rings. The number of amides is 1. The Morgan fingerprint density at radius 3 is 2.54 bits per heavy atom. The summed E-state index contributed by atoms with van der Waals surface area (Å²) in [6, 6.07) is 20.0. The molecule has 1 amide bonds. The van der Waals surface area contributed by atoms with Gasteiger partial charge in [0.05, 0.1) is 6.54 Å². The van der Waals surface area contributed by atoms with Crippen molar-refractivity contribution in [3.05, 3.63) is 88.7 Å². The molecule has 26 heavy (non-hydrogen) atoms. The van der Waals surface area contributed by atoms with Gasteiger partial charge in [-0.1, -0.05) is 54.1 Å². The van der Waals surface area contributed by atoms with E-state index in [-0.39, 0.29) is 11.9 Å². The van der Waals surface area contributed by atoms with Gasteiger partial charge in [0.2, 0.25) is 0 Å². The lowest BCUT2D eigenvalue weighted by Crippen LogP contribution is -2.43. The Morgan fingerprint density at radius 1 is 1.08 bits per heavy atom. The van der Waals surface area contributed by atoms with E-state index < -0.39 is 0 Å². The van der Waals surface area contributed by atoms with Crippen molar-refractivity contribution in [3.63, 3.8) is 0 Å². The number of carbonyl (C=O) groups is 1. The first-order chi connectivity index (χ1) is 12.7. The van der Waals surface area contributed by atoms with Gasteiger partial charge in [0, 0.05) is 17.3 Å². The number of nitrogens with one attached hydrogen (secondary N) is 1. The second-order valence-corrected chi connectivity index (χ2v) is 7.21. The molecule has 1 aliphatic carbocycles. The maximum atomic E-state index is 12.4. The van der Waals surface area contributed by atoms with E-state index in [1.807, 2.05) is 48.7 Å². The van der Waals surface area contributed by atoms with E-state index in [0.29, 0.717) is 18.2 Å². The van der Waals surface area contributed by atoms with Crippen molar-refractivity contribution in [1.82, 2.24) is 15.1 Å². The molecule has 1 heterocycles. The standard InChI is InChI=1S/C21H20ClN3O/c22-18-8-6-16(7-9-18)17-12-19(13-17)23-21(26)20-10-11-25(24-20)14-15-4-2-1-3-5-15/h1-11,17,19H,12-14H2,(H,23,26). The first-order valence-corrected chi connectivity index (χ1v) is 9.19. The molecule has 0 bridgehead atoms. The van der Waals surface area contributed by atoms with E-state index in [1.165, 1.54) is 5.56 Å². The Labute approximate surface area is 157 Å². The highest BCUT2D eigenvalue weighted by atomic mass is 35.5. The van der Waals surface area contributed by atoms with Crippen molar-refractivity contribution >= 4 is 17.5 Å². The molecule has 2 aromatic carbocycles. The maximum Gasteiger partial charge on any atom is 0.271 e. The molecule has 4 nitrogen and oxygen atoms in total. The Bertz CT molecular complexity index is 883. The van der Waals surface area contributed by atoms with Gasteiger partial charge >= 0.3 is 0 Å². The fourth-order valence-electron chi connectivity index (χ4n) is 3.34. The van der Waals surface area contributed by atoms with Gasteiger partial charge in [-0.05, 0) is 48.1 Å². The molecular weight excluding hydrogens is 346 g/mol. The second-order valence-electron chi connectivity index (χ2n) is 6.77. The van der Waals surface area contributed by atoms with Gasteiger partial charge in [-0.25, -0.2) is 0 Å². The number of hydrogen-bond donors (Lipinski definition) is 1. The SMILES string of the molecule is O=C(NC1CC(c2ccc(Cl)cc2)C1)c1ccn(Cc2ccccc2)n1. The minimum absolute atomic E-state index is 0.101. The van der Waals surface area contributed by atoms with Crippen molar-refractivity contribution in [2.24, 2.45) is 0 Å². The van der Waals surface area contributed by atoms with Crippen LogP contribution >= 0.6 is 11.6 Å². The summed E-state index contributed by atoms with van der Waals surface area (Å²) in [5.41, 5.74) is 2.91. The molecule has 5 heteroatoms. The Kier molecular flexibility index (Phi) is 4.76. The van der Waals surface area contributed by atoms with Crippen LogP contribution in [0.5, 0.6) is 0 Å². The van der Waals surface area contributed by atoms with Crippen molar-refractivity contribution in [1.29, 1.82) is 0 Å². The summed E-state index contributed by atoms with van der Waals surface area (Å²) in [5, 5.41) is 8.23. The van der Waals surface area contributed by atoms with Crippen LogP contribution in [0.15, 0.2) is 66.9 Å². The summed E-state index contributed by atoms with van der Waals surface area (Å²) >= 11 is 5.93. The van der Waals surface area contributed by atoms with E-state index in [0.717, 1.165) is 23.4 Å². The number of carbonyl (C=O) groups excluding carboxylic acids is 1. The Morgan fingerprint density at radius 2 is 1.81 bits per heavy atom. The summed E-state index contributed by atoms with van der Waals surface area (Å²) in [6.07, 6.45) is 3.76. The molecule has 0 unspecified atom stereocenters. The monoisotopic (exact) mass is 365 g/mol. The predicted molar refractivity (Wildman–Crippen MR) is 102 cm³/mol. The first-order valence-electron chi connectivity index (χ1n) is 8.81. The fraction of sp³-hybridized carbons (Fsp3) is 0.238. The van der Waals surface area contributed by atoms with Crippen LogP contribution in [0, 0.1) is 0 Å². The van der Waals surface area contributed by atoms with Crippen LogP contribution in [-0.2, 0) is 6.54 Å². The average Bonchev–Trinajstić information content (AvgIpc) is 3.08. The van der Waals surface area contributed by atoms with Crippen molar-refractivity contribution in [2.45, 2.75) is 31.3 Å². The molecule has 0 aliphatic heterocycles. The first kappa shape index (κ1) is 16.9. The highest BCUT2D eigenvalue weighted by molar-refractivity contribution is 6.30. The minimum atomic E-state index is -0.101. The zero-order valence-corrected chi connectivity index (χ0v) is 15.1. The number of rotatable bonds is 5. The number of nitrogens with zero attached hydrogens (tertiary/aromatic N) is 2. The highest BCUT2D eigenvalue weighted by Crippen LogP contribution is 2.37. The van der Waals surface area contributed by atoms with Gasteiger partial charge in [-0.15, -0.1) is 0 Å². The van der Waals surface area contributed by atoms with Crippen LogP contribution in [0.3, 0.4) is 0 Å². The van der Waals surface area contributed by atoms with Crippen LogP contribution in [0.4, 0.5) is 0 Å². The molecule has 0 spiro atoms. The number of benzene rings is 2. The van der Waals surface area contributed by atoms with Crippen molar-refractivity contribution in [3.8, 4) is 0 Å². The van der Waals surface area contributed by atoms with Crippen molar-refractivity contribution in [2.75, 3.05) is 0 Å². The molecular formula is C21H20ClN3O. The zero-order valence-electron chi connectivity index (χ0n) is 14.3. The number of hydrogen-bond acceptors (Lipinski definition) is 2. The van der Waals surface area contributed by atoms with Crippen LogP contribution in [0.2, 0.25) is 5.02 Å². The predicted octanol–water partition coefficient (Wildman–Crippen LogP) is 4.26. The Hall–Kier alpha value is -2.59.